The number of anilines is 1. The van der Waals surface area contributed by atoms with E-state index >= 15 is 0 Å². The van der Waals surface area contributed by atoms with Gasteiger partial charge in [0, 0.05) is 18.1 Å². The molecule has 1 atom stereocenters. The predicted octanol–water partition coefficient (Wildman–Crippen LogP) is 3.46. The molecule has 0 saturated heterocycles. The highest BCUT2D eigenvalue weighted by atomic mass is 35.5. The van der Waals surface area contributed by atoms with Crippen LogP contribution in [-0.2, 0) is 0 Å². The van der Waals surface area contributed by atoms with Crippen LogP contribution in [0.1, 0.15) is 26.3 Å². The third kappa shape index (κ3) is 3.71. The highest BCUT2D eigenvalue weighted by molar-refractivity contribution is 6.18. The van der Waals surface area contributed by atoms with Crippen LogP contribution in [0, 0.1) is 12.3 Å². The molecule has 1 N–H and O–H groups in total. The standard InChI is InChI=1S/C12H19ClN2/c1-9-5-6-14-11(7-9)15-10(8-13)12(2,3)4/h5-7,10H,8H2,1-4H3,(H,14,15). The van der Waals surface area contributed by atoms with E-state index in [2.05, 4.69) is 38.0 Å². The SMILES string of the molecule is Cc1ccnc(NC(CCl)C(C)(C)C)c1. The summed E-state index contributed by atoms with van der Waals surface area (Å²) >= 11 is 5.95. The molecule has 0 saturated carbocycles. The van der Waals surface area contributed by atoms with Gasteiger partial charge < -0.3 is 5.32 Å². The molecular formula is C12H19ClN2. The summed E-state index contributed by atoms with van der Waals surface area (Å²) in [7, 11) is 0. The molecule has 84 valence electrons. The number of hydrogen-bond acceptors (Lipinski definition) is 2. The van der Waals surface area contributed by atoms with Crippen LogP contribution in [-0.4, -0.2) is 16.9 Å². The largest absolute Gasteiger partial charge is 0.366 e. The Balaban J connectivity index is 2.76. The van der Waals surface area contributed by atoms with Gasteiger partial charge in [-0.15, -0.1) is 11.6 Å². The molecule has 0 spiro atoms. The van der Waals surface area contributed by atoms with Crippen LogP contribution >= 0.6 is 11.6 Å². The van der Waals surface area contributed by atoms with Crippen molar-refractivity contribution in [1.82, 2.24) is 4.98 Å². The van der Waals surface area contributed by atoms with Gasteiger partial charge in [0.05, 0.1) is 0 Å². The maximum atomic E-state index is 5.95. The lowest BCUT2D eigenvalue weighted by molar-refractivity contribution is 0.361. The second-order valence-electron chi connectivity index (χ2n) is 4.94. The zero-order valence-corrected chi connectivity index (χ0v) is 10.6. The van der Waals surface area contributed by atoms with E-state index in [1.54, 1.807) is 0 Å². The monoisotopic (exact) mass is 226 g/mol. The minimum atomic E-state index is 0.132. The number of aryl methyl sites for hydroxylation is 1. The molecule has 0 amide bonds. The first-order chi connectivity index (χ1) is 6.93. The third-order valence-corrected chi connectivity index (χ3v) is 2.75. The Bertz CT molecular complexity index is 318. The average Bonchev–Trinajstić information content (AvgIpc) is 2.12. The van der Waals surface area contributed by atoms with Crippen molar-refractivity contribution < 1.29 is 0 Å². The van der Waals surface area contributed by atoms with E-state index < -0.39 is 0 Å². The summed E-state index contributed by atoms with van der Waals surface area (Å²) in [5, 5.41) is 3.37. The van der Waals surface area contributed by atoms with Gasteiger partial charge in [-0.3, -0.25) is 0 Å². The Morgan fingerprint density at radius 3 is 2.60 bits per heavy atom. The van der Waals surface area contributed by atoms with Crippen LogP contribution in [0.3, 0.4) is 0 Å². The van der Waals surface area contributed by atoms with Crippen molar-refractivity contribution in [2.45, 2.75) is 33.7 Å². The van der Waals surface area contributed by atoms with E-state index in [1.807, 2.05) is 18.3 Å². The van der Waals surface area contributed by atoms with Crippen molar-refractivity contribution in [1.29, 1.82) is 0 Å². The lowest BCUT2D eigenvalue weighted by atomic mass is 9.88. The second kappa shape index (κ2) is 4.84. The summed E-state index contributed by atoms with van der Waals surface area (Å²) in [6.07, 6.45) is 1.81. The average molecular weight is 227 g/mol. The fourth-order valence-corrected chi connectivity index (χ4v) is 1.82. The van der Waals surface area contributed by atoms with Gasteiger partial charge in [-0.1, -0.05) is 20.8 Å². The number of halogens is 1. The van der Waals surface area contributed by atoms with Gasteiger partial charge >= 0.3 is 0 Å². The molecule has 1 aromatic rings. The first kappa shape index (κ1) is 12.3. The summed E-state index contributed by atoms with van der Waals surface area (Å²) in [6, 6.07) is 4.25. The van der Waals surface area contributed by atoms with Gasteiger partial charge in [-0.05, 0) is 30.0 Å². The van der Waals surface area contributed by atoms with Crippen molar-refractivity contribution >= 4 is 17.4 Å². The van der Waals surface area contributed by atoms with E-state index in [9.17, 15) is 0 Å². The first-order valence-corrected chi connectivity index (χ1v) is 5.72. The molecule has 3 heteroatoms. The molecule has 0 aliphatic carbocycles. The van der Waals surface area contributed by atoms with Gasteiger partial charge in [-0.25, -0.2) is 4.98 Å². The summed E-state index contributed by atoms with van der Waals surface area (Å²) < 4.78 is 0. The van der Waals surface area contributed by atoms with Crippen molar-refractivity contribution in [2.24, 2.45) is 5.41 Å². The van der Waals surface area contributed by atoms with Crippen molar-refractivity contribution in [2.75, 3.05) is 11.2 Å². The summed E-state index contributed by atoms with van der Waals surface area (Å²) in [5.41, 5.74) is 1.34. The quantitative estimate of drug-likeness (QED) is 0.799. The van der Waals surface area contributed by atoms with Gasteiger partial charge in [0.2, 0.25) is 0 Å². The van der Waals surface area contributed by atoms with E-state index in [1.165, 1.54) is 5.56 Å². The fourth-order valence-electron chi connectivity index (χ4n) is 1.28. The number of pyridine rings is 1. The normalized spacial score (nSPS) is 13.7. The van der Waals surface area contributed by atoms with Crippen molar-refractivity contribution in [3.8, 4) is 0 Å². The van der Waals surface area contributed by atoms with Crippen LogP contribution < -0.4 is 5.32 Å². The Kier molecular flexibility index (Phi) is 3.97. The number of aromatic nitrogens is 1. The predicted molar refractivity (Wildman–Crippen MR) is 66.6 cm³/mol. The van der Waals surface area contributed by atoms with Crippen LogP contribution in [0.2, 0.25) is 0 Å². The Morgan fingerprint density at radius 2 is 2.13 bits per heavy atom. The first-order valence-electron chi connectivity index (χ1n) is 5.18. The number of rotatable bonds is 3. The van der Waals surface area contributed by atoms with Gasteiger partial charge in [0.25, 0.3) is 0 Å². The molecule has 1 rings (SSSR count). The zero-order valence-electron chi connectivity index (χ0n) is 9.84. The third-order valence-electron chi connectivity index (χ3n) is 2.44. The molecule has 0 radical (unpaired) electrons. The molecule has 2 nitrogen and oxygen atoms in total. The number of nitrogens with zero attached hydrogens (tertiary/aromatic N) is 1. The molecule has 1 unspecified atom stereocenters. The highest BCUT2D eigenvalue weighted by Gasteiger charge is 2.23. The lowest BCUT2D eigenvalue weighted by Gasteiger charge is -2.30. The van der Waals surface area contributed by atoms with E-state index in [4.69, 9.17) is 11.6 Å². The van der Waals surface area contributed by atoms with E-state index in [0.29, 0.717) is 5.88 Å². The van der Waals surface area contributed by atoms with Crippen LogP contribution in [0.4, 0.5) is 5.82 Å². The molecular weight excluding hydrogens is 208 g/mol. The summed E-state index contributed by atoms with van der Waals surface area (Å²) in [6.45, 7) is 8.56. The zero-order chi connectivity index (χ0) is 11.5. The fraction of sp³-hybridized carbons (Fsp3) is 0.583. The Morgan fingerprint density at radius 1 is 1.47 bits per heavy atom. The Labute approximate surface area is 97.1 Å². The molecule has 15 heavy (non-hydrogen) atoms. The number of nitrogens with one attached hydrogen (secondary N) is 1. The van der Waals surface area contributed by atoms with Crippen LogP contribution in [0.15, 0.2) is 18.3 Å². The minimum Gasteiger partial charge on any atom is -0.366 e. The van der Waals surface area contributed by atoms with Gasteiger partial charge in [0.1, 0.15) is 5.82 Å². The van der Waals surface area contributed by atoms with Crippen molar-refractivity contribution in [3.63, 3.8) is 0 Å². The van der Waals surface area contributed by atoms with Gasteiger partial charge in [0.15, 0.2) is 0 Å². The maximum Gasteiger partial charge on any atom is 0.126 e. The molecule has 0 aliphatic rings. The number of alkyl halides is 1. The second-order valence-corrected chi connectivity index (χ2v) is 5.24. The molecule has 0 aromatic carbocycles. The molecule has 0 fully saturated rings. The highest BCUT2D eigenvalue weighted by Crippen LogP contribution is 2.23. The summed E-state index contributed by atoms with van der Waals surface area (Å²) in [4.78, 5) is 4.27. The topological polar surface area (TPSA) is 24.9 Å². The smallest absolute Gasteiger partial charge is 0.126 e. The Hall–Kier alpha value is -0.760. The van der Waals surface area contributed by atoms with E-state index in [0.717, 1.165) is 5.82 Å². The minimum absolute atomic E-state index is 0.132. The summed E-state index contributed by atoms with van der Waals surface area (Å²) in [5.74, 6) is 1.48. The lowest BCUT2D eigenvalue weighted by Crippen LogP contribution is -2.35. The molecule has 1 aromatic heterocycles. The van der Waals surface area contributed by atoms with Crippen LogP contribution in [0.25, 0.3) is 0 Å². The molecule has 1 heterocycles. The maximum absolute atomic E-state index is 5.95. The van der Waals surface area contributed by atoms with Gasteiger partial charge in [-0.2, -0.15) is 0 Å². The number of hydrogen-bond donors (Lipinski definition) is 1. The van der Waals surface area contributed by atoms with Crippen molar-refractivity contribution in [3.05, 3.63) is 23.9 Å². The van der Waals surface area contributed by atoms with E-state index in [-0.39, 0.29) is 11.5 Å². The molecule has 0 aliphatic heterocycles. The molecule has 0 bridgehead atoms. The van der Waals surface area contributed by atoms with Crippen LogP contribution in [0.5, 0.6) is 0 Å².